The van der Waals surface area contributed by atoms with Crippen LogP contribution in [0, 0.1) is 0 Å². The van der Waals surface area contributed by atoms with E-state index in [-0.39, 0.29) is 0 Å². The highest BCUT2D eigenvalue weighted by atomic mass is 127. The van der Waals surface area contributed by atoms with Gasteiger partial charge in [-0.25, -0.2) is 0 Å². The summed E-state index contributed by atoms with van der Waals surface area (Å²) in [4.78, 5) is 0. The molecule has 0 radical (unpaired) electrons. The Morgan fingerprint density at radius 3 is 2.25 bits per heavy atom. The predicted molar refractivity (Wildman–Crippen MR) is 41.1 cm³/mol. The first-order valence-corrected chi connectivity index (χ1v) is 3.58. The highest BCUT2D eigenvalue weighted by Crippen LogP contribution is 2.19. The van der Waals surface area contributed by atoms with Crippen LogP contribution in [0.3, 0.4) is 0 Å². The lowest BCUT2D eigenvalue weighted by Crippen LogP contribution is -2.21. The third kappa shape index (κ3) is 3.63. The summed E-state index contributed by atoms with van der Waals surface area (Å²) in [5.41, 5.74) is 0. The number of alkyl halides is 1. The molecule has 2 nitrogen and oxygen atoms in total. The maximum absolute atomic E-state index is 5.14. The average molecular weight is 230 g/mol. The van der Waals surface area contributed by atoms with Crippen molar-refractivity contribution >= 4 is 22.6 Å². The Balaban J connectivity index is 3.37. The standard InChI is InChI=1S/C5H11IO2/c1-4-8-5(2,6)7-3/h4H2,1-3H3. The van der Waals surface area contributed by atoms with Crippen LogP contribution in [-0.2, 0) is 9.47 Å². The topological polar surface area (TPSA) is 18.5 Å². The summed E-state index contributed by atoms with van der Waals surface area (Å²) in [5, 5.41) is 0. The van der Waals surface area contributed by atoms with Crippen LogP contribution < -0.4 is 0 Å². The third-order valence-electron chi connectivity index (χ3n) is 0.767. The van der Waals surface area contributed by atoms with Crippen molar-refractivity contribution in [3.8, 4) is 0 Å². The molecule has 0 amide bonds. The predicted octanol–water partition coefficient (Wildman–Crippen LogP) is 1.78. The summed E-state index contributed by atoms with van der Waals surface area (Å²) in [6.07, 6.45) is 0. The maximum Gasteiger partial charge on any atom is 0.218 e. The van der Waals surface area contributed by atoms with Crippen molar-refractivity contribution in [3.63, 3.8) is 0 Å². The molecule has 0 aliphatic carbocycles. The van der Waals surface area contributed by atoms with Crippen LogP contribution in [0.1, 0.15) is 13.8 Å². The van der Waals surface area contributed by atoms with Crippen LogP contribution in [-0.4, -0.2) is 17.5 Å². The normalized spacial score (nSPS) is 18.0. The molecule has 0 saturated heterocycles. The van der Waals surface area contributed by atoms with Crippen LogP contribution >= 0.6 is 22.6 Å². The zero-order chi connectivity index (χ0) is 6.62. The number of methoxy groups -OCH3 is 1. The molecule has 3 heteroatoms. The van der Waals surface area contributed by atoms with Crippen molar-refractivity contribution in [1.29, 1.82) is 0 Å². The van der Waals surface area contributed by atoms with Crippen molar-refractivity contribution in [2.45, 2.75) is 17.6 Å². The van der Waals surface area contributed by atoms with Gasteiger partial charge in [-0.1, -0.05) is 0 Å². The van der Waals surface area contributed by atoms with Crippen LogP contribution in [0.25, 0.3) is 0 Å². The molecule has 0 aliphatic heterocycles. The molecule has 0 aromatic heterocycles. The van der Waals surface area contributed by atoms with E-state index in [0.29, 0.717) is 6.61 Å². The summed E-state index contributed by atoms with van der Waals surface area (Å²) in [7, 11) is 1.63. The fourth-order valence-corrected chi connectivity index (χ4v) is 0.628. The van der Waals surface area contributed by atoms with Crippen molar-refractivity contribution in [2.75, 3.05) is 13.7 Å². The third-order valence-corrected chi connectivity index (χ3v) is 1.52. The minimum absolute atomic E-state index is 0.438. The molecule has 0 fully saturated rings. The Morgan fingerprint density at radius 2 is 2.12 bits per heavy atom. The Bertz CT molecular complexity index is 63.4. The highest BCUT2D eigenvalue weighted by molar-refractivity contribution is 14.1. The molecule has 0 rings (SSSR count). The molecular formula is C5H11IO2. The fraction of sp³-hybridized carbons (Fsp3) is 1.00. The first-order chi connectivity index (χ1) is 3.62. The van der Waals surface area contributed by atoms with Gasteiger partial charge in [0, 0.05) is 13.7 Å². The summed E-state index contributed by atoms with van der Waals surface area (Å²) in [6.45, 7) is 4.50. The lowest BCUT2D eigenvalue weighted by atomic mass is 10.7. The van der Waals surface area contributed by atoms with Crippen LogP contribution in [0.4, 0.5) is 0 Å². The smallest absolute Gasteiger partial charge is 0.218 e. The van der Waals surface area contributed by atoms with Crippen molar-refractivity contribution in [2.24, 2.45) is 0 Å². The van der Waals surface area contributed by atoms with Gasteiger partial charge in [-0.15, -0.1) is 0 Å². The largest absolute Gasteiger partial charge is 0.345 e. The molecule has 0 heterocycles. The van der Waals surface area contributed by atoms with Gasteiger partial charge in [0.15, 0.2) is 0 Å². The van der Waals surface area contributed by atoms with Crippen LogP contribution in [0.5, 0.6) is 0 Å². The van der Waals surface area contributed by atoms with Crippen molar-refractivity contribution in [1.82, 2.24) is 0 Å². The number of rotatable bonds is 3. The summed E-state index contributed by atoms with van der Waals surface area (Å²) < 4.78 is 9.65. The van der Waals surface area contributed by atoms with Gasteiger partial charge in [0.1, 0.15) is 0 Å². The molecule has 8 heavy (non-hydrogen) atoms. The van der Waals surface area contributed by atoms with Gasteiger partial charge in [0.2, 0.25) is 3.79 Å². The monoisotopic (exact) mass is 230 g/mol. The quantitative estimate of drug-likeness (QED) is 0.418. The molecule has 1 atom stereocenters. The average Bonchev–Trinajstić information content (AvgIpc) is 1.67. The van der Waals surface area contributed by atoms with Crippen LogP contribution in [0.2, 0.25) is 0 Å². The SMILES string of the molecule is CCOC(C)(I)OC. The van der Waals surface area contributed by atoms with Gasteiger partial charge in [-0.3, -0.25) is 0 Å². The molecule has 0 aromatic carbocycles. The second-order valence-electron chi connectivity index (χ2n) is 1.47. The summed E-state index contributed by atoms with van der Waals surface area (Å²) >= 11 is 2.10. The van der Waals surface area contributed by atoms with E-state index < -0.39 is 3.79 Å². The zero-order valence-electron chi connectivity index (χ0n) is 5.40. The Morgan fingerprint density at radius 1 is 1.62 bits per heavy atom. The minimum atomic E-state index is -0.438. The maximum atomic E-state index is 5.14. The second-order valence-corrected chi connectivity index (χ2v) is 3.43. The molecule has 0 spiro atoms. The first-order valence-electron chi connectivity index (χ1n) is 2.50. The van der Waals surface area contributed by atoms with E-state index in [4.69, 9.17) is 9.47 Å². The van der Waals surface area contributed by atoms with E-state index in [1.165, 1.54) is 0 Å². The van der Waals surface area contributed by atoms with Crippen LogP contribution in [0.15, 0.2) is 0 Å². The molecule has 0 bridgehead atoms. The fourth-order valence-electron chi connectivity index (χ4n) is 0.317. The van der Waals surface area contributed by atoms with E-state index in [1.807, 2.05) is 13.8 Å². The zero-order valence-corrected chi connectivity index (χ0v) is 7.56. The Labute approximate surface area is 63.7 Å². The summed E-state index contributed by atoms with van der Waals surface area (Å²) in [6, 6.07) is 0. The van der Waals surface area contributed by atoms with Crippen molar-refractivity contribution < 1.29 is 9.47 Å². The molecule has 1 unspecified atom stereocenters. The number of hydrogen-bond acceptors (Lipinski definition) is 2. The van der Waals surface area contributed by atoms with Gasteiger partial charge < -0.3 is 9.47 Å². The molecule has 0 aliphatic rings. The van der Waals surface area contributed by atoms with E-state index in [0.717, 1.165) is 0 Å². The summed E-state index contributed by atoms with van der Waals surface area (Å²) in [5.74, 6) is 0. The van der Waals surface area contributed by atoms with Gasteiger partial charge in [0.25, 0.3) is 0 Å². The first kappa shape index (κ1) is 8.65. The van der Waals surface area contributed by atoms with E-state index in [2.05, 4.69) is 22.6 Å². The van der Waals surface area contributed by atoms with Crippen molar-refractivity contribution in [3.05, 3.63) is 0 Å². The Kier molecular flexibility index (Phi) is 3.93. The van der Waals surface area contributed by atoms with E-state index in [9.17, 15) is 0 Å². The minimum Gasteiger partial charge on any atom is -0.345 e. The van der Waals surface area contributed by atoms with Gasteiger partial charge in [-0.05, 0) is 36.4 Å². The Hall–Kier alpha value is 0.650. The van der Waals surface area contributed by atoms with E-state index >= 15 is 0 Å². The van der Waals surface area contributed by atoms with Gasteiger partial charge in [-0.2, -0.15) is 0 Å². The van der Waals surface area contributed by atoms with Gasteiger partial charge in [0.05, 0.1) is 0 Å². The van der Waals surface area contributed by atoms with E-state index in [1.54, 1.807) is 7.11 Å². The molecule has 50 valence electrons. The number of hydrogen-bond donors (Lipinski definition) is 0. The number of halogens is 1. The second kappa shape index (κ2) is 3.63. The molecule has 0 aromatic rings. The van der Waals surface area contributed by atoms with Gasteiger partial charge >= 0.3 is 0 Å². The molecule has 0 saturated carbocycles. The number of ether oxygens (including phenoxy) is 2. The molecule has 0 N–H and O–H groups in total. The highest BCUT2D eigenvalue weighted by Gasteiger charge is 2.16. The lowest BCUT2D eigenvalue weighted by Gasteiger charge is -2.19. The molecular weight excluding hydrogens is 219 g/mol. The lowest BCUT2D eigenvalue weighted by molar-refractivity contribution is -0.122.